The van der Waals surface area contributed by atoms with Crippen LogP contribution in [0.15, 0.2) is 24.3 Å². The van der Waals surface area contributed by atoms with E-state index in [-0.39, 0.29) is 29.1 Å². The van der Waals surface area contributed by atoms with Gasteiger partial charge < -0.3 is 15.5 Å². The van der Waals surface area contributed by atoms with Crippen molar-refractivity contribution in [3.05, 3.63) is 34.9 Å². The summed E-state index contributed by atoms with van der Waals surface area (Å²) in [6.45, 7) is 7.70. The lowest BCUT2D eigenvalue weighted by molar-refractivity contribution is -0.118. The minimum atomic E-state index is -0.245. The van der Waals surface area contributed by atoms with E-state index in [2.05, 4.69) is 28.5 Å². The highest BCUT2D eigenvalue weighted by atomic mass is 35.5. The predicted octanol–water partition coefficient (Wildman–Crippen LogP) is 3.11. The van der Waals surface area contributed by atoms with Crippen LogP contribution < -0.4 is 10.6 Å². The van der Waals surface area contributed by atoms with Gasteiger partial charge in [0.2, 0.25) is 5.91 Å². The van der Waals surface area contributed by atoms with E-state index in [4.69, 9.17) is 11.6 Å². The van der Waals surface area contributed by atoms with Crippen LogP contribution in [0.5, 0.6) is 0 Å². The summed E-state index contributed by atoms with van der Waals surface area (Å²) in [6, 6.07) is 8.10. The number of rotatable bonds is 6. The van der Waals surface area contributed by atoms with Gasteiger partial charge in [-0.3, -0.25) is 4.79 Å². The highest BCUT2D eigenvalue weighted by Crippen LogP contribution is 2.43. The first-order chi connectivity index (χ1) is 11.6. The van der Waals surface area contributed by atoms with Crippen molar-refractivity contribution < 1.29 is 4.79 Å². The number of benzene rings is 1. The molecule has 2 unspecified atom stereocenters. The number of hydrogen-bond acceptors (Lipinski definition) is 4. The van der Waals surface area contributed by atoms with Crippen molar-refractivity contribution in [3.8, 4) is 0 Å². The molecule has 2 heterocycles. The zero-order chi connectivity index (χ0) is 17.0. The Morgan fingerprint density at radius 3 is 2.76 bits per heavy atom. The number of hydrogen-bond donors (Lipinski definition) is 2. The number of nitrogens with one attached hydrogen (secondary N) is 2. The summed E-state index contributed by atoms with van der Waals surface area (Å²) in [5, 5.41) is 7.35. The van der Waals surface area contributed by atoms with Gasteiger partial charge in [-0.25, -0.2) is 0 Å². The molecule has 1 amide bonds. The average molecular weight is 404 g/mol. The SMILES string of the molecule is CC1(C(CCCN2CCNCC2)c2cccc(Cl)c2)NC(=O)CS1.Cl. The van der Waals surface area contributed by atoms with Crippen LogP contribution in [0.25, 0.3) is 0 Å². The van der Waals surface area contributed by atoms with Gasteiger partial charge in [-0.15, -0.1) is 24.2 Å². The maximum Gasteiger partial charge on any atom is 0.231 e. The number of amides is 1. The van der Waals surface area contributed by atoms with Crippen LogP contribution in [-0.2, 0) is 4.79 Å². The monoisotopic (exact) mass is 403 g/mol. The summed E-state index contributed by atoms with van der Waals surface area (Å²) in [6.07, 6.45) is 2.18. The molecular formula is C18H27Cl2N3OS. The normalized spacial score (nSPS) is 25.3. The van der Waals surface area contributed by atoms with E-state index in [1.165, 1.54) is 5.56 Å². The van der Waals surface area contributed by atoms with Gasteiger partial charge in [0, 0.05) is 37.1 Å². The van der Waals surface area contributed by atoms with Gasteiger partial charge >= 0.3 is 0 Å². The quantitative estimate of drug-likeness (QED) is 0.765. The standard InChI is InChI=1S/C18H26ClN3OS.ClH/c1-18(21-17(23)13-24-18)16(14-4-2-5-15(19)12-14)6-3-9-22-10-7-20-8-11-22;/h2,4-5,12,16,20H,3,6-11,13H2,1H3,(H,21,23);1H. The largest absolute Gasteiger partial charge is 0.341 e. The van der Waals surface area contributed by atoms with Gasteiger partial charge in [-0.1, -0.05) is 23.7 Å². The zero-order valence-electron chi connectivity index (χ0n) is 14.6. The summed E-state index contributed by atoms with van der Waals surface area (Å²) in [5.41, 5.74) is 1.22. The number of nitrogens with zero attached hydrogens (tertiary/aromatic N) is 1. The van der Waals surface area contributed by atoms with Crippen LogP contribution in [0, 0.1) is 0 Å². The Kier molecular flexibility index (Phi) is 7.90. The van der Waals surface area contributed by atoms with Gasteiger partial charge in [0.05, 0.1) is 10.6 Å². The lowest BCUT2D eigenvalue weighted by Gasteiger charge is -2.35. The Labute approximate surface area is 165 Å². The number of halogens is 2. The van der Waals surface area contributed by atoms with Crippen molar-refractivity contribution >= 4 is 41.7 Å². The molecule has 1 aromatic rings. The first-order valence-electron chi connectivity index (χ1n) is 8.70. The summed E-state index contributed by atoms with van der Waals surface area (Å²) in [5.74, 6) is 0.956. The van der Waals surface area contributed by atoms with Gasteiger partial charge in [-0.05, 0) is 44.0 Å². The molecule has 0 aromatic heterocycles. The maximum absolute atomic E-state index is 11.8. The first kappa shape index (κ1) is 20.8. The molecule has 2 saturated heterocycles. The zero-order valence-corrected chi connectivity index (χ0v) is 17.0. The third-order valence-corrected chi connectivity index (χ3v) is 6.61. The number of piperazine rings is 1. The Bertz CT molecular complexity index is 583. The van der Waals surface area contributed by atoms with Crippen LogP contribution in [-0.4, -0.2) is 54.2 Å². The van der Waals surface area contributed by atoms with Crippen LogP contribution in [0.3, 0.4) is 0 Å². The fourth-order valence-corrected chi connectivity index (χ4v) is 5.03. The number of carbonyl (C=O) groups excluding carboxylic acids is 1. The Morgan fingerprint density at radius 1 is 1.36 bits per heavy atom. The fraction of sp³-hybridized carbons (Fsp3) is 0.611. The van der Waals surface area contributed by atoms with Gasteiger partial charge in [0.15, 0.2) is 0 Å². The Hall–Kier alpha value is -0.460. The van der Waals surface area contributed by atoms with E-state index in [0.29, 0.717) is 5.75 Å². The van der Waals surface area contributed by atoms with E-state index in [9.17, 15) is 4.79 Å². The molecule has 2 fully saturated rings. The second kappa shape index (κ2) is 9.47. The predicted molar refractivity (Wildman–Crippen MR) is 109 cm³/mol. The summed E-state index contributed by atoms with van der Waals surface area (Å²) < 4.78 is 0. The first-order valence-corrected chi connectivity index (χ1v) is 10.1. The fourth-order valence-electron chi connectivity index (χ4n) is 3.69. The molecule has 2 aliphatic heterocycles. The van der Waals surface area contributed by atoms with Crippen LogP contribution >= 0.6 is 35.8 Å². The van der Waals surface area contributed by atoms with Crippen molar-refractivity contribution in [1.82, 2.24) is 15.5 Å². The van der Waals surface area contributed by atoms with Crippen molar-refractivity contribution in [2.45, 2.75) is 30.6 Å². The van der Waals surface area contributed by atoms with E-state index >= 15 is 0 Å². The highest BCUT2D eigenvalue weighted by Gasteiger charge is 2.41. The molecule has 25 heavy (non-hydrogen) atoms. The molecule has 3 rings (SSSR count). The maximum atomic E-state index is 11.8. The highest BCUT2D eigenvalue weighted by molar-refractivity contribution is 8.01. The third kappa shape index (κ3) is 5.51. The summed E-state index contributed by atoms with van der Waals surface area (Å²) >= 11 is 7.94. The molecular weight excluding hydrogens is 377 g/mol. The molecule has 2 atom stereocenters. The number of thioether (sulfide) groups is 1. The van der Waals surface area contributed by atoms with Crippen molar-refractivity contribution in [2.75, 3.05) is 38.5 Å². The lowest BCUT2D eigenvalue weighted by Crippen LogP contribution is -2.44. The topological polar surface area (TPSA) is 44.4 Å². The molecule has 0 saturated carbocycles. The molecule has 0 bridgehead atoms. The molecule has 0 aliphatic carbocycles. The Morgan fingerprint density at radius 2 is 2.12 bits per heavy atom. The molecule has 1 aromatic carbocycles. The Balaban J connectivity index is 0.00000225. The van der Waals surface area contributed by atoms with Gasteiger partial charge in [0.25, 0.3) is 0 Å². The molecule has 2 N–H and O–H groups in total. The minimum absolute atomic E-state index is 0. The second-order valence-corrected chi connectivity index (χ2v) is 8.65. The van der Waals surface area contributed by atoms with Gasteiger partial charge in [-0.2, -0.15) is 0 Å². The molecule has 0 spiro atoms. The van der Waals surface area contributed by atoms with Crippen molar-refractivity contribution in [2.24, 2.45) is 0 Å². The minimum Gasteiger partial charge on any atom is -0.341 e. The van der Waals surface area contributed by atoms with Crippen LogP contribution in [0.2, 0.25) is 5.02 Å². The average Bonchev–Trinajstić information content (AvgIpc) is 2.92. The summed E-state index contributed by atoms with van der Waals surface area (Å²) in [7, 11) is 0. The third-order valence-electron chi connectivity index (χ3n) is 4.98. The van der Waals surface area contributed by atoms with E-state index < -0.39 is 0 Å². The van der Waals surface area contributed by atoms with Gasteiger partial charge in [0.1, 0.15) is 0 Å². The molecule has 7 heteroatoms. The lowest BCUT2D eigenvalue weighted by atomic mass is 9.87. The van der Waals surface area contributed by atoms with Crippen molar-refractivity contribution in [1.29, 1.82) is 0 Å². The van der Waals surface area contributed by atoms with Crippen molar-refractivity contribution in [3.63, 3.8) is 0 Å². The molecule has 2 aliphatic rings. The van der Waals surface area contributed by atoms with E-state index in [1.54, 1.807) is 11.8 Å². The van der Waals surface area contributed by atoms with Crippen LogP contribution in [0.4, 0.5) is 0 Å². The van der Waals surface area contributed by atoms with E-state index in [0.717, 1.165) is 50.6 Å². The second-order valence-electron chi connectivity index (χ2n) is 6.79. The summed E-state index contributed by atoms with van der Waals surface area (Å²) in [4.78, 5) is 14.1. The number of carbonyl (C=O) groups is 1. The van der Waals surface area contributed by atoms with E-state index in [1.807, 2.05) is 18.2 Å². The molecule has 0 radical (unpaired) electrons. The van der Waals surface area contributed by atoms with Crippen LogP contribution in [0.1, 0.15) is 31.2 Å². The molecule has 140 valence electrons. The smallest absolute Gasteiger partial charge is 0.231 e. The molecule has 4 nitrogen and oxygen atoms in total.